The van der Waals surface area contributed by atoms with Gasteiger partial charge in [0.15, 0.2) is 0 Å². The summed E-state index contributed by atoms with van der Waals surface area (Å²) in [4.78, 5) is 65.7. The van der Waals surface area contributed by atoms with E-state index in [-0.39, 0.29) is 29.7 Å². The Labute approximate surface area is 344 Å². The number of benzene rings is 2. The van der Waals surface area contributed by atoms with Crippen molar-refractivity contribution in [2.24, 2.45) is 5.92 Å². The average molecular weight is 826 g/mol. The molecule has 0 aromatic heterocycles. The van der Waals surface area contributed by atoms with E-state index in [0.717, 1.165) is 60.9 Å². The van der Waals surface area contributed by atoms with Gasteiger partial charge in [0.2, 0.25) is 18.2 Å². The second-order valence-electron chi connectivity index (χ2n) is 16.1. The van der Waals surface area contributed by atoms with Crippen LogP contribution < -0.4 is 15.4 Å². The highest BCUT2D eigenvalue weighted by Crippen LogP contribution is 2.43. The molecule has 13 nitrogen and oxygen atoms in total. The molecule has 2 aromatic rings. The van der Waals surface area contributed by atoms with Gasteiger partial charge in [0.1, 0.15) is 46.3 Å². The molecule has 4 aliphatic rings. The topological polar surface area (TPSA) is 163 Å². The van der Waals surface area contributed by atoms with Crippen molar-refractivity contribution < 1.29 is 42.0 Å². The van der Waals surface area contributed by atoms with E-state index in [2.05, 4.69) is 21.4 Å². The zero-order chi connectivity index (χ0) is 42.5. The van der Waals surface area contributed by atoms with Crippen molar-refractivity contribution >= 4 is 41.6 Å². The molecule has 2 fully saturated rings. The van der Waals surface area contributed by atoms with E-state index in [4.69, 9.17) is 9.47 Å². The van der Waals surface area contributed by atoms with Crippen molar-refractivity contribution in [3.63, 3.8) is 0 Å². The van der Waals surface area contributed by atoms with E-state index in [1.807, 2.05) is 50.3 Å². The molecule has 6 atom stereocenters. The molecule has 0 bridgehead atoms. The fourth-order valence-electron chi connectivity index (χ4n) is 7.23. The first-order chi connectivity index (χ1) is 27.6. The van der Waals surface area contributed by atoms with Crippen molar-refractivity contribution in [2.75, 3.05) is 20.2 Å². The van der Waals surface area contributed by atoms with Gasteiger partial charge in [-0.25, -0.2) is 18.1 Å². The molecule has 0 spiro atoms. The molecule has 15 heteroatoms. The number of carbonyl (C=O) groups excluding carboxylic acids is 5. The highest BCUT2D eigenvalue weighted by molar-refractivity contribution is 7.83. The number of carbonyl (C=O) groups is 5. The third kappa shape index (κ3) is 13.0. The number of halogens is 1. The van der Waals surface area contributed by atoms with Crippen LogP contribution in [0.3, 0.4) is 0 Å². The third-order valence-corrected chi connectivity index (χ3v) is 11.9. The summed E-state index contributed by atoms with van der Waals surface area (Å²) < 4.78 is 38.3. The number of nitrogens with zero attached hydrogens (tertiary/aromatic N) is 2. The van der Waals surface area contributed by atoms with Crippen molar-refractivity contribution in [1.82, 2.24) is 25.2 Å². The molecule has 1 saturated heterocycles. The number of rotatable bonds is 7. The van der Waals surface area contributed by atoms with Gasteiger partial charge < -0.3 is 34.7 Å². The Hall–Kier alpha value is -4.47. The van der Waals surface area contributed by atoms with Crippen LogP contribution >= 0.6 is 0 Å². The number of ether oxygens (including phenoxy) is 2. The SMILES string of the molecule is CCNS(=O)c1ccccc1C.COC1CCN2C(=O)C(NC(=O)OC(C)(C)C)CCCCC/C=C\C3CC3(C=O)NC(=O)C2C1.O=CN1Cc2cccc(F)c2C1. The standard InChI is InChI=1S/C25H39N3O6.C9H8FNO.C9H13NOS/c1-24(2,3)34-23(32)26-19-11-9-7-5-6-8-10-17-15-25(17,16-29)27-21(30)20-14-18(33-4)12-13-28(20)22(19)31;10-9-3-1-2-7-4-11(6-12)5-8(7)9;1-3-10-12(11)9-7-5-4-6-8(9)2/h8,10,16-20H,5-7,9,11-15H2,1-4H3,(H,26,32)(H,27,30);1-3,6H,4-5H2;4-7,10H,3H2,1-2H3/b10-8-;;. The molecule has 6 rings (SSSR count). The number of allylic oxidation sites excluding steroid dienone is 1. The summed E-state index contributed by atoms with van der Waals surface area (Å²) in [7, 11) is 0.546. The first-order valence-corrected chi connectivity index (χ1v) is 21.2. The molecule has 4 amide bonds. The molecule has 318 valence electrons. The molecule has 2 aromatic carbocycles. The fraction of sp³-hybridized carbons (Fsp3) is 0.558. The molecule has 1 aliphatic carbocycles. The number of nitrogens with one attached hydrogen (secondary N) is 3. The minimum absolute atomic E-state index is 0.0216. The monoisotopic (exact) mass is 825 g/mol. The van der Waals surface area contributed by atoms with Gasteiger partial charge in [-0.2, -0.15) is 0 Å². The Balaban J connectivity index is 0.000000249. The lowest BCUT2D eigenvalue weighted by atomic mass is 9.96. The summed E-state index contributed by atoms with van der Waals surface area (Å²) in [6, 6.07) is 11.1. The van der Waals surface area contributed by atoms with E-state index in [1.54, 1.807) is 38.8 Å². The normalized spacial score (nSPS) is 25.5. The fourth-order valence-corrected chi connectivity index (χ4v) is 8.22. The third-order valence-electron chi connectivity index (χ3n) is 10.5. The van der Waals surface area contributed by atoms with Crippen molar-refractivity contribution in [3.05, 3.63) is 77.1 Å². The molecule has 0 radical (unpaired) electrons. The highest BCUT2D eigenvalue weighted by atomic mass is 32.2. The Kier molecular flexibility index (Phi) is 17.1. The van der Waals surface area contributed by atoms with Crippen LogP contribution in [-0.2, 0) is 52.7 Å². The molecule has 1 saturated carbocycles. The molecule has 58 heavy (non-hydrogen) atoms. The Morgan fingerprint density at radius 2 is 1.83 bits per heavy atom. The first kappa shape index (κ1) is 46.2. The Morgan fingerprint density at radius 3 is 2.48 bits per heavy atom. The number of fused-ring (bicyclic) bond motifs is 3. The van der Waals surface area contributed by atoms with Crippen LogP contribution in [0.25, 0.3) is 0 Å². The van der Waals surface area contributed by atoms with Crippen molar-refractivity contribution in [3.8, 4) is 0 Å². The Bertz CT molecular complexity index is 1800. The number of amides is 4. The van der Waals surface area contributed by atoms with E-state index < -0.39 is 40.3 Å². The van der Waals surface area contributed by atoms with E-state index in [9.17, 15) is 32.6 Å². The largest absolute Gasteiger partial charge is 0.444 e. The summed E-state index contributed by atoms with van der Waals surface area (Å²) in [5.74, 6) is -0.895. The van der Waals surface area contributed by atoms with Gasteiger partial charge >= 0.3 is 6.09 Å². The summed E-state index contributed by atoms with van der Waals surface area (Å²) >= 11 is 0. The lowest BCUT2D eigenvalue weighted by molar-refractivity contribution is -0.147. The minimum atomic E-state index is -1.05. The predicted molar refractivity (Wildman–Crippen MR) is 219 cm³/mol. The molecular weight excluding hydrogens is 766 g/mol. The summed E-state index contributed by atoms with van der Waals surface area (Å²) in [5.41, 5.74) is 1.04. The maximum Gasteiger partial charge on any atom is 0.408 e. The zero-order valence-corrected chi connectivity index (χ0v) is 35.4. The van der Waals surface area contributed by atoms with Gasteiger partial charge in [0.05, 0.1) is 11.0 Å². The molecule has 6 unspecified atom stereocenters. The van der Waals surface area contributed by atoms with Gasteiger partial charge in [-0.1, -0.05) is 62.2 Å². The van der Waals surface area contributed by atoms with Crippen molar-refractivity contribution in [2.45, 2.75) is 133 Å². The summed E-state index contributed by atoms with van der Waals surface area (Å²) in [6.45, 7) is 11.2. The zero-order valence-electron chi connectivity index (χ0n) is 34.6. The molecule has 3 heterocycles. The van der Waals surface area contributed by atoms with Gasteiger partial charge in [-0.05, 0) is 83.1 Å². The van der Waals surface area contributed by atoms with E-state index in [1.165, 1.54) is 11.0 Å². The predicted octanol–water partition coefficient (Wildman–Crippen LogP) is 5.40. The lowest BCUT2D eigenvalue weighted by Crippen LogP contribution is -2.61. The average Bonchev–Trinajstić information content (AvgIpc) is 3.69. The van der Waals surface area contributed by atoms with Crippen LogP contribution in [0.1, 0.15) is 95.8 Å². The highest BCUT2D eigenvalue weighted by Gasteiger charge is 2.55. The van der Waals surface area contributed by atoms with E-state index >= 15 is 0 Å². The van der Waals surface area contributed by atoms with Crippen LogP contribution in [0.4, 0.5) is 9.18 Å². The quantitative estimate of drug-likeness (QED) is 0.247. The maximum atomic E-state index is 13.7. The van der Waals surface area contributed by atoms with Crippen LogP contribution in [0, 0.1) is 18.7 Å². The van der Waals surface area contributed by atoms with E-state index in [0.29, 0.717) is 50.9 Å². The maximum absolute atomic E-state index is 13.7. The number of aldehydes is 1. The summed E-state index contributed by atoms with van der Waals surface area (Å²) in [6.07, 6.45) is 10.2. The first-order valence-electron chi connectivity index (χ1n) is 20.1. The molecular formula is C43H60FN5O8S. The van der Waals surface area contributed by atoms with Gasteiger partial charge in [-0.15, -0.1) is 0 Å². The second-order valence-corrected chi connectivity index (χ2v) is 17.3. The van der Waals surface area contributed by atoms with Crippen LogP contribution in [0.15, 0.2) is 59.5 Å². The van der Waals surface area contributed by atoms with Gasteiger partial charge in [0, 0.05) is 51.2 Å². The Morgan fingerprint density at radius 1 is 1.07 bits per heavy atom. The summed E-state index contributed by atoms with van der Waals surface area (Å²) in [5, 5.41) is 5.66. The number of methoxy groups -OCH3 is 1. The molecule has 3 N–H and O–H groups in total. The number of piperidine rings is 1. The van der Waals surface area contributed by atoms with Gasteiger partial charge in [-0.3, -0.25) is 14.4 Å². The number of hydrogen-bond acceptors (Lipinski definition) is 8. The van der Waals surface area contributed by atoms with Crippen LogP contribution in [0.2, 0.25) is 0 Å². The minimum Gasteiger partial charge on any atom is -0.444 e. The van der Waals surface area contributed by atoms with Gasteiger partial charge in [0.25, 0.3) is 0 Å². The van der Waals surface area contributed by atoms with Crippen molar-refractivity contribution in [1.29, 1.82) is 0 Å². The lowest BCUT2D eigenvalue weighted by Gasteiger charge is -2.40. The van der Waals surface area contributed by atoms with Crippen LogP contribution in [0.5, 0.6) is 0 Å². The molecule has 3 aliphatic heterocycles. The second kappa shape index (κ2) is 21.5. The van der Waals surface area contributed by atoms with Crippen LogP contribution in [-0.4, -0.2) is 94.1 Å². The number of aryl methyl sites for hydroxylation is 1. The smallest absolute Gasteiger partial charge is 0.408 e. The number of alkyl carbamates (subject to hydrolysis) is 1. The number of hydrogen-bond donors (Lipinski definition) is 3.